The number of phenols is 1. The number of halogens is 3. The zero-order valence-corrected chi connectivity index (χ0v) is 15.4. The summed E-state index contributed by atoms with van der Waals surface area (Å²) in [5.74, 6) is 1.82. The van der Waals surface area contributed by atoms with Crippen LogP contribution in [0.4, 0.5) is 13.2 Å². The number of H-pyrrole nitrogens is 1. The molecule has 0 radical (unpaired) electrons. The van der Waals surface area contributed by atoms with Gasteiger partial charge in [0.25, 0.3) is 5.56 Å². The molecule has 29 heavy (non-hydrogen) atoms. The lowest BCUT2D eigenvalue weighted by Gasteiger charge is -2.22. The molecule has 0 spiro atoms. The van der Waals surface area contributed by atoms with Gasteiger partial charge in [-0.25, -0.2) is 9.50 Å². The van der Waals surface area contributed by atoms with Crippen molar-refractivity contribution < 1.29 is 18.3 Å². The summed E-state index contributed by atoms with van der Waals surface area (Å²) in [6.45, 7) is 0. The van der Waals surface area contributed by atoms with E-state index in [9.17, 15) is 23.1 Å². The minimum atomic E-state index is -4.64. The lowest BCUT2D eigenvalue weighted by atomic mass is 9.84. The van der Waals surface area contributed by atoms with E-state index >= 15 is 0 Å². The van der Waals surface area contributed by atoms with Crippen molar-refractivity contribution in [3.63, 3.8) is 0 Å². The number of phenolic OH excluding ortho intramolecular Hbond substituents is 1. The van der Waals surface area contributed by atoms with E-state index in [1.54, 1.807) is 0 Å². The van der Waals surface area contributed by atoms with E-state index in [2.05, 4.69) is 16.0 Å². The number of aromatic hydroxyl groups is 1. The molecular weight excluding hydrogens is 383 g/mol. The van der Waals surface area contributed by atoms with Crippen molar-refractivity contribution in [1.82, 2.24) is 14.6 Å². The molecule has 0 aliphatic heterocycles. The Kier molecular flexibility index (Phi) is 4.61. The summed E-state index contributed by atoms with van der Waals surface area (Å²) >= 11 is 0. The normalized spacial score (nSPS) is 15.5. The Morgan fingerprint density at radius 3 is 2.55 bits per heavy atom. The van der Waals surface area contributed by atoms with E-state index in [0.717, 1.165) is 23.8 Å². The van der Waals surface area contributed by atoms with Gasteiger partial charge in [0.2, 0.25) is 0 Å². The summed E-state index contributed by atoms with van der Waals surface area (Å²) in [5, 5.41) is 12.4. The van der Waals surface area contributed by atoms with E-state index in [1.807, 2.05) is 0 Å². The van der Waals surface area contributed by atoms with Crippen molar-refractivity contribution >= 4 is 5.65 Å². The Morgan fingerprint density at radius 2 is 1.93 bits per heavy atom. The number of nitrogens with one attached hydrogen (secondary N) is 1. The summed E-state index contributed by atoms with van der Waals surface area (Å²) in [7, 11) is 0. The van der Waals surface area contributed by atoms with Gasteiger partial charge < -0.3 is 5.11 Å². The van der Waals surface area contributed by atoms with Crippen LogP contribution in [0.5, 0.6) is 5.75 Å². The lowest BCUT2D eigenvalue weighted by Crippen LogP contribution is -2.18. The summed E-state index contributed by atoms with van der Waals surface area (Å²) in [5.41, 5.74) is -1.07. The molecule has 1 aliphatic carbocycles. The number of nitrogens with zero attached hydrogens (tertiary/aromatic N) is 2. The quantitative estimate of drug-likeness (QED) is 0.624. The smallest absolute Gasteiger partial charge is 0.433 e. The molecule has 0 atom stereocenters. The van der Waals surface area contributed by atoms with Crippen LogP contribution in [0, 0.1) is 12.3 Å². The first-order valence-corrected chi connectivity index (χ1v) is 9.32. The highest BCUT2D eigenvalue weighted by atomic mass is 19.4. The maximum absolute atomic E-state index is 13.7. The molecule has 1 aromatic carbocycles. The van der Waals surface area contributed by atoms with E-state index in [4.69, 9.17) is 6.42 Å². The highest BCUT2D eigenvalue weighted by Gasteiger charge is 2.40. The van der Waals surface area contributed by atoms with Gasteiger partial charge in [-0.3, -0.25) is 9.89 Å². The number of hydrogen-bond acceptors (Lipinski definition) is 3. The van der Waals surface area contributed by atoms with E-state index in [1.165, 1.54) is 24.4 Å². The van der Waals surface area contributed by atoms with Gasteiger partial charge in [0.15, 0.2) is 5.65 Å². The van der Waals surface area contributed by atoms with Crippen LogP contribution in [-0.4, -0.2) is 19.7 Å². The Hall–Kier alpha value is -3.21. The predicted molar refractivity (Wildman–Crippen MR) is 102 cm³/mol. The molecule has 0 bridgehead atoms. The molecule has 8 heteroatoms. The maximum atomic E-state index is 13.7. The molecule has 0 amide bonds. The molecule has 1 aliphatic rings. The van der Waals surface area contributed by atoms with Crippen LogP contribution in [0.3, 0.4) is 0 Å². The molecule has 3 aromatic rings. The largest absolute Gasteiger partial charge is 0.507 e. The highest BCUT2D eigenvalue weighted by Crippen LogP contribution is 2.41. The van der Waals surface area contributed by atoms with Crippen LogP contribution < -0.4 is 5.56 Å². The van der Waals surface area contributed by atoms with Gasteiger partial charge in [-0.2, -0.15) is 13.2 Å². The van der Waals surface area contributed by atoms with Crippen molar-refractivity contribution in [3.05, 3.63) is 51.6 Å². The number of hydrogen-bond donors (Lipinski definition) is 2. The van der Waals surface area contributed by atoms with Crippen molar-refractivity contribution in [2.75, 3.05) is 0 Å². The number of alkyl halides is 3. The second-order valence-electron chi connectivity index (χ2n) is 7.25. The van der Waals surface area contributed by atoms with Gasteiger partial charge in [0, 0.05) is 22.9 Å². The molecule has 1 saturated carbocycles. The molecule has 0 saturated heterocycles. The Balaban J connectivity index is 1.94. The van der Waals surface area contributed by atoms with Crippen LogP contribution in [0.25, 0.3) is 16.8 Å². The Labute approximate surface area is 164 Å². The van der Waals surface area contributed by atoms with Crippen molar-refractivity contribution in [3.8, 4) is 29.2 Å². The zero-order chi connectivity index (χ0) is 20.8. The Morgan fingerprint density at radius 1 is 1.21 bits per heavy atom. The number of aromatic amines is 1. The maximum Gasteiger partial charge on any atom is 0.433 e. The number of aromatic nitrogens is 3. The lowest BCUT2D eigenvalue weighted by molar-refractivity contribution is -0.142. The highest BCUT2D eigenvalue weighted by molar-refractivity contribution is 5.71. The van der Waals surface area contributed by atoms with Crippen LogP contribution >= 0.6 is 0 Å². The minimum Gasteiger partial charge on any atom is -0.507 e. The van der Waals surface area contributed by atoms with Gasteiger partial charge in [-0.05, 0) is 37.0 Å². The van der Waals surface area contributed by atoms with Crippen molar-refractivity contribution in [2.45, 2.75) is 44.2 Å². The van der Waals surface area contributed by atoms with Gasteiger partial charge in [-0.1, -0.05) is 25.2 Å². The van der Waals surface area contributed by atoms with Crippen LogP contribution in [0.1, 0.15) is 54.8 Å². The number of benzene rings is 1. The summed E-state index contributed by atoms with van der Waals surface area (Å²) in [6, 6.07) is 4.30. The molecule has 0 unspecified atom stereocenters. The second kappa shape index (κ2) is 6.99. The van der Waals surface area contributed by atoms with Gasteiger partial charge >= 0.3 is 6.18 Å². The molecule has 150 valence electrons. The zero-order valence-electron chi connectivity index (χ0n) is 15.4. The predicted octanol–water partition coefficient (Wildman–Crippen LogP) is 4.44. The average Bonchev–Trinajstić information content (AvgIpc) is 3.10. The first-order valence-electron chi connectivity index (χ1n) is 9.32. The molecule has 1 fully saturated rings. The van der Waals surface area contributed by atoms with Gasteiger partial charge in [0.05, 0.1) is 5.56 Å². The molecular formula is C21H18F3N3O2. The third-order valence-corrected chi connectivity index (χ3v) is 5.45. The average molecular weight is 401 g/mol. The van der Waals surface area contributed by atoms with Crippen LogP contribution in [-0.2, 0) is 6.18 Å². The number of fused-ring (bicyclic) bond motifs is 1. The summed E-state index contributed by atoms with van der Waals surface area (Å²) in [6.07, 6.45) is 5.80. The van der Waals surface area contributed by atoms with Crippen LogP contribution in [0.15, 0.2) is 29.2 Å². The van der Waals surface area contributed by atoms with Gasteiger partial charge in [0.1, 0.15) is 11.4 Å². The van der Waals surface area contributed by atoms with Crippen molar-refractivity contribution in [1.29, 1.82) is 0 Å². The monoisotopic (exact) mass is 401 g/mol. The standard InChI is InChI=1S/C21H18F3N3O2/c1-2-12-8-9-14(16(28)10-12)15-11-25-19-17(13-6-4-3-5-7-13)18(21(22,23)24)26-27(19)20(15)29/h1,8-11,13,26,28H,3-7H2. The first-order chi connectivity index (χ1) is 13.8. The van der Waals surface area contributed by atoms with Crippen LogP contribution in [0.2, 0.25) is 0 Å². The molecule has 2 heterocycles. The van der Waals surface area contributed by atoms with Crippen molar-refractivity contribution in [2.24, 2.45) is 0 Å². The molecule has 4 rings (SSSR count). The number of rotatable bonds is 2. The minimum absolute atomic E-state index is 0.0160. The number of terminal acetylenes is 1. The first kappa shape index (κ1) is 19.1. The van der Waals surface area contributed by atoms with E-state index in [-0.39, 0.29) is 34.0 Å². The fourth-order valence-corrected chi connectivity index (χ4v) is 4.06. The SMILES string of the molecule is C#Cc1ccc(-c2cnc3c(C4CCCCC4)c(C(F)(F)F)[nH]n3c2=O)c(O)c1. The molecule has 2 N–H and O–H groups in total. The molecule has 2 aromatic heterocycles. The summed E-state index contributed by atoms with van der Waals surface area (Å²) in [4.78, 5) is 17.2. The fraction of sp³-hybridized carbons (Fsp3) is 0.333. The Bertz CT molecular complexity index is 1180. The second-order valence-corrected chi connectivity index (χ2v) is 7.25. The molecule has 5 nitrogen and oxygen atoms in total. The fourth-order valence-electron chi connectivity index (χ4n) is 4.06. The van der Waals surface area contributed by atoms with E-state index < -0.39 is 17.4 Å². The third kappa shape index (κ3) is 3.27. The third-order valence-electron chi connectivity index (χ3n) is 5.45. The van der Waals surface area contributed by atoms with Gasteiger partial charge in [-0.15, -0.1) is 6.42 Å². The topological polar surface area (TPSA) is 70.4 Å². The summed E-state index contributed by atoms with van der Waals surface area (Å²) < 4.78 is 42.0. The van der Waals surface area contributed by atoms with E-state index in [0.29, 0.717) is 18.4 Å².